The highest BCUT2D eigenvalue weighted by molar-refractivity contribution is 5.91. The van der Waals surface area contributed by atoms with Gasteiger partial charge in [0.15, 0.2) is 0 Å². The van der Waals surface area contributed by atoms with Gasteiger partial charge in [-0.1, -0.05) is 61.9 Å². The molecular weight excluding hydrogens is 400 g/mol. The fourth-order valence-corrected chi connectivity index (χ4v) is 4.39. The Balaban J connectivity index is 1.64. The number of urea groups is 1. The van der Waals surface area contributed by atoms with Gasteiger partial charge in [0.1, 0.15) is 5.82 Å². The molecule has 0 spiro atoms. The van der Waals surface area contributed by atoms with E-state index < -0.39 is 0 Å². The maximum Gasteiger partial charge on any atom is 0.324 e. The summed E-state index contributed by atoms with van der Waals surface area (Å²) in [7, 11) is 1.78. The highest BCUT2D eigenvalue weighted by Gasteiger charge is 2.35. The average molecular weight is 433 g/mol. The Hall–Kier alpha value is -3.12. The lowest BCUT2D eigenvalue weighted by Crippen LogP contribution is -2.51. The second kappa shape index (κ2) is 10.0. The predicted octanol–water partition coefficient (Wildman–Crippen LogP) is 4.25. The lowest BCUT2D eigenvalue weighted by atomic mass is 10.0. The SMILES string of the molecule is CCCCc1nc2c(n1Cc1ccccc1)C[C@@H](CO)N(C(=O)N(C)c1ccccc1)C2. The molecule has 0 radical (unpaired) electrons. The van der Waals surface area contributed by atoms with Crippen molar-refractivity contribution in [3.63, 3.8) is 0 Å². The van der Waals surface area contributed by atoms with Crippen molar-refractivity contribution < 1.29 is 9.90 Å². The number of carbonyl (C=O) groups is 1. The Kier molecular flexibility index (Phi) is 6.90. The van der Waals surface area contributed by atoms with Gasteiger partial charge >= 0.3 is 6.03 Å². The summed E-state index contributed by atoms with van der Waals surface area (Å²) in [5.74, 6) is 1.07. The Bertz CT molecular complexity index is 1030. The van der Waals surface area contributed by atoms with Crippen molar-refractivity contribution in [2.75, 3.05) is 18.6 Å². The number of anilines is 1. The third-order valence-electron chi connectivity index (χ3n) is 6.25. The maximum atomic E-state index is 13.3. The summed E-state index contributed by atoms with van der Waals surface area (Å²) in [6.07, 6.45) is 3.70. The van der Waals surface area contributed by atoms with Crippen LogP contribution in [0.15, 0.2) is 60.7 Å². The van der Waals surface area contributed by atoms with Crippen LogP contribution in [0.2, 0.25) is 0 Å². The van der Waals surface area contributed by atoms with E-state index in [1.54, 1.807) is 16.8 Å². The zero-order chi connectivity index (χ0) is 22.5. The smallest absolute Gasteiger partial charge is 0.324 e. The minimum Gasteiger partial charge on any atom is -0.394 e. The summed E-state index contributed by atoms with van der Waals surface area (Å²) in [5, 5.41) is 10.2. The van der Waals surface area contributed by atoms with Crippen molar-refractivity contribution in [2.45, 2.75) is 51.7 Å². The fraction of sp³-hybridized carbons (Fsp3) is 0.385. The van der Waals surface area contributed by atoms with Gasteiger partial charge in [0.2, 0.25) is 0 Å². The van der Waals surface area contributed by atoms with Crippen molar-refractivity contribution in [3.8, 4) is 0 Å². The summed E-state index contributed by atoms with van der Waals surface area (Å²) in [6.45, 7) is 3.29. The molecule has 0 fully saturated rings. The van der Waals surface area contributed by atoms with Gasteiger partial charge in [0, 0.05) is 37.8 Å². The maximum absolute atomic E-state index is 13.3. The van der Waals surface area contributed by atoms with Gasteiger partial charge < -0.3 is 14.6 Å². The first kappa shape index (κ1) is 22.1. The highest BCUT2D eigenvalue weighted by Crippen LogP contribution is 2.28. The van der Waals surface area contributed by atoms with Crippen LogP contribution >= 0.6 is 0 Å². The molecule has 0 unspecified atom stereocenters. The topological polar surface area (TPSA) is 61.6 Å². The zero-order valence-corrected chi connectivity index (χ0v) is 18.9. The first-order valence-corrected chi connectivity index (χ1v) is 11.4. The van der Waals surface area contributed by atoms with E-state index in [0.717, 1.165) is 48.7 Å². The molecule has 1 atom stereocenters. The first-order chi connectivity index (χ1) is 15.6. The minimum absolute atomic E-state index is 0.0748. The van der Waals surface area contributed by atoms with Gasteiger partial charge in [0.25, 0.3) is 0 Å². The Morgan fingerprint density at radius 1 is 1.12 bits per heavy atom. The summed E-state index contributed by atoms with van der Waals surface area (Å²) >= 11 is 0. The summed E-state index contributed by atoms with van der Waals surface area (Å²) in [6, 6.07) is 19.6. The highest BCUT2D eigenvalue weighted by atomic mass is 16.3. The van der Waals surface area contributed by atoms with Crippen LogP contribution in [0.5, 0.6) is 0 Å². The molecule has 3 aromatic rings. The average Bonchev–Trinajstić information content (AvgIpc) is 3.18. The number of unbranched alkanes of at least 4 members (excludes halogenated alkanes) is 1. The van der Waals surface area contributed by atoms with Crippen molar-refractivity contribution in [2.24, 2.45) is 0 Å². The molecule has 1 aliphatic rings. The second-order valence-corrected chi connectivity index (χ2v) is 8.44. The number of amides is 2. The number of nitrogens with zero attached hydrogens (tertiary/aromatic N) is 4. The van der Waals surface area contributed by atoms with Crippen molar-refractivity contribution in [1.82, 2.24) is 14.5 Å². The molecule has 6 heteroatoms. The van der Waals surface area contributed by atoms with Crippen molar-refractivity contribution in [3.05, 3.63) is 83.4 Å². The van der Waals surface area contributed by atoms with Crippen LogP contribution in [0.25, 0.3) is 0 Å². The molecule has 0 saturated heterocycles. The van der Waals surface area contributed by atoms with Gasteiger partial charge in [-0.05, 0) is 24.1 Å². The number of para-hydroxylation sites is 1. The molecule has 2 heterocycles. The second-order valence-electron chi connectivity index (χ2n) is 8.44. The van der Waals surface area contributed by atoms with Crippen LogP contribution in [0.3, 0.4) is 0 Å². The van der Waals surface area contributed by atoms with Crippen LogP contribution in [-0.2, 0) is 25.9 Å². The van der Waals surface area contributed by atoms with E-state index in [-0.39, 0.29) is 18.7 Å². The normalized spacial score (nSPS) is 15.5. The number of imidazole rings is 1. The number of rotatable bonds is 7. The van der Waals surface area contributed by atoms with Crippen LogP contribution in [0, 0.1) is 0 Å². The Morgan fingerprint density at radius 2 is 1.81 bits per heavy atom. The number of aryl methyl sites for hydroxylation is 1. The monoisotopic (exact) mass is 432 g/mol. The molecule has 168 valence electrons. The van der Waals surface area contributed by atoms with Crippen molar-refractivity contribution >= 4 is 11.7 Å². The summed E-state index contributed by atoms with van der Waals surface area (Å²) in [4.78, 5) is 21.7. The molecule has 2 aromatic carbocycles. The molecule has 1 aliphatic heterocycles. The van der Waals surface area contributed by atoms with E-state index in [4.69, 9.17) is 4.98 Å². The summed E-state index contributed by atoms with van der Waals surface area (Å²) < 4.78 is 2.31. The van der Waals surface area contributed by atoms with Gasteiger partial charge in [-0.15, -0.1) is 0 Å². The molecular formula is C26H32N4O2. The van der Waals surface area contributed by atoms with Gasteiger partial charge in [-0.3, -0.25) is 4.90 Å². The van der Waals surface area contributed by atoms with Crippen LogP contribution in [0.4, 0.5) is 10.5 Å². The van der Waals surface area contributed by atoms with E-state index in [1.807, 2.05) is 36.4 Å². The van der Waals surface area contributed by atoms with E-state index in [9.17, 15) is 9.90 Å². The molecule has 6 nitrogen and oxygen atoms in total. The van der Waals surface area contributed by atoms with E-state index in [0.29, 0.717) is 13.0 Å². The minimum atomic E-state index is -0.272. The van der Waals surface area contributed by atoms with E-state index in [2.05, 4.69) is 35.8 Å². The van der Waals surface area contributed by atoms with Gasteiger partial charge in [-0.2, -0.15) is 0 Å². The molecule has 1 N–H and O–H groups in total. The predicted molar refractivity (Wildman–Crippen MR) is 127 cm³/mol. The number of aromatic nitrogens is 2. The number of hydrogen-bond donors (Lipinski definition) is 1. The van der Waals surface area contributed by atoms with Crippen LogP contribution in [-0.4, -0.2) is 45.3 Å². The van der Waals surface area contributed by atoms with E-state index >= 15 is 0 Å². The summed E-state index contributed by atoms with van der Waals surface area (Å²) in [5.41, 5.74) is 4.16. The lowest BCUT2D eigenvalue weighted by Gasteiger charge is -2.37. The Labute approximate surface area is 190 Å². The molecule has 1 aromatic heterocycles. The third kappa shape index (κ3) is 4.55. The van der Waals surface area contributed by atoms with Gasteiger partial charge in [-0.25, -0.2) is 9.78 Å². The van der Waals surface area contributed by atoms with Crippen LogP contribution in [0.1, 0.15) is 42.5 Å². The lowest BCUT2D eigenvalue weighted by molar-refractivity contribution is 0.123. The molecule has 0 bridgehead atoms. The number of hydrogen-bond acceptors (Lipinski definition) is 3. The fourth-order valence-electron chi connectivity index (χ4n) is 4.39. The number of aliphatic hydroxyl groups is 1. The number of aliphatic hydroxyl groups excluding tert-OH is 1. The van der Waals surface area contributed by atoms with Crippen molar-refractivity contribution in [1.29, 1.82) is 0 Å². The van der Waals surface area contributed by atoms with E-state index in [1.165, 1.54) is 5.56 Å². The number of benzene rings is 2. The largest absolute Gasteiger partial charge is 0.394 e. The molecule has 2 amide bonds. The molecule has 32 heavy (non-hydrogen) atoms. The molecule has 0 saturated carbocycles. The van der Waals surface area contributed by atoms with Crippen LogP contribution < -0.4 is 4.90 Å². The quantitative estimate of drug-likeness (QED) is 0.607. The first-order valence-electron chi connectivity index (χ1n) is 11.4. The Morgan fingerprint density at radius 3 is 2.47 bits per heavy atom. The standard InChI is InChI=1S/C26H32N4O2/c1-3-4-15-25-27-23-18-29(26(32)28(2)21-13-9-6-10-14-21)22(19-31)16-24(23)30(25)17-20-11-7-5-8-12-20/h5-14,22,31H,3-4,15-19H2,1-2H3/t22-/m0/s1. The zero-order valence-electron chi connectivity index (χ0n) is 18.9. The third-order valence-corrected chi connectivity index (χ3v) is 6.25. The molecule has 0 aliphatic carbocycles. The number of carbonyl (C=O) groups excluding carboxylic acids is 1. The number of fused-ring (bicyclic) bond motifs is 1. The van der Waals surface area contributed by atoms with Gasteiger partial charge in [0.05, 0.1) is 24.9 Å². The molecule has 4 rings (SSSR count).